The molecule has 0 saturated carbocycles. The van der Waals surface area contributed by atoms with E-state index < -0.39 is 10.1 Å². The average Bonchev–Trinajstić information content (AvgIpc) is 2.45. The van der Waals surface area contributed by atoms with Crippen LogP contribution in [0.3, 0.4) is 0 Å². The molecule has 0 radical (unpaired) electrons. The summed E-state index contributed by atoms with van der Waals surface area (Å²) in [5, 5.41) is 9.76. The molecule has 2 bridgehead atoms. The average molecular weight is 359 g/mol. The fourth-order valence-electron chi connectivity index (χ4n) is 4.08. The van der Waals surface area contributed by atoms with Crippen molar-refractivity contribution < 1.29 is 22.5 Å². The maximum atomic E-state index is 12.7. The van der Waals surface area contributed by atoms with Crippen molar-refractivity contribution in [2.75, 3.05) is 26.0 Å². The number of fused-ring (bicyclic) bond motifs is 4. The fourth-order valence-corrected chi connectivity index (χ4v) is 4.08. The third-order valence-corrected chi connectivity index (χ3v) is 5.48. The number of halogens is 1. The highest BCUT2D eigenvalue weighted by atomic mass is 32.2. The topological polar surface area (TPSA) is 77.8 Å². The summed E-state index contributed by atoms with van der Waals surface area (Å²) in [5.74, 6) is 0.860. The zero-order valence-electron chi connectivity index (χ0n) is 14.4. The molecule has 1 heterocycles. The molecular weight excluding hydrogens is 333 g/mol. The van der Waals surface area contributed by atoms with E-state index in [0.717, 1.165) is 19.4 Å². The van der Waals surface area contributed by atoms with E-state index in [0.29, 0.717) is 30.5 Å². The number of hydrogen-bond acceptors (Lipinski definition) is 4. The molecule has 1 saturated heterocycles. The quantitative estimate of drug-likeness (QED) is 0.793. The number of alkyl halides is 1. The molecule has 2 aliphatic rings. The Kier molecular flexibility index (Phi) is 5.57. The lowest BCUT2D eigenvalue weighted by Crippen LogP contribution is -2.58. The summed E-state index contributed by atoms with van der Waals surface area (Å²) >= 11 is 0. The largest absolute Gasteiger partial charge is 0.508 e. The zero-order chi connectivity index (χ0) is 18.1. The number of phenols is 1. The second-order valence-electron chi connectivity index (χ2n) is 7.03. The van der Waals surface area contributed by atoms with Gasteiger partial charge in [-0.05, 0) is 54.0 Å². The number of piperidine rings is 1. The molecule has 1 unspecified atom stereocenters. The van der Waals surface area contributed by atoms with Crippen LogP contribution in [0.15, 0.2) is 18.2 Å². The van der Waals surface area contributed by atoms with Crippen LogP contribution < -0.4 is 0 Å². The predicted molar refractivity (Wildman–Crippen MR) is 91.8 cm³/mol. The number of likely N-dealkylation sites (tertiary alicyclic amines) is 1. The van der Waals surface area contributed by atoms with Gasteiger partial charge in [0.2, 0.25) is 0 Å². The highest BCUT2D eigenvalue weighted by molar-refractivity contribution is 7.85. The normalized spacial score (nSPS) is 29.4. The summed E-state index contributed by atoms with van der Waals surface area (Å²) in [6, 6.07) is 6.19. The Bertz CT molecular complexity index is 686. The van der Waals surface area contributed by atoms with Crippen LogP contribution in [0.2, 0.25) is 0 Å². The Morgan fingerprint density at radius 1 is 1.42 bits per heavy atom. The van der Waals surface area contributed by atoms with Crippen molar-refractivity contribution in [1.82, 2.24) is 4.90 Å². The van der Waals surface area contributed by atoms with Gasteiger partial charge in [0.25, 0.3) is 10.1 Å². The van der Waals surface area contributed by atoms with Gasteiger partial charge in [0.15, 0.2) is 0 Å². The van der Waals surface area contributed by atoms with E-state index in [4.69, 9.17) is 4.55 Å². The summed E-state index contributed by atoms with van der Waals surface area (Å²) in [6.07, 6.45) is 2.74. The molecular formula is C17H26FNO4S. The fraction of sp³-hybridized carbons (Fsp3) is 0.647. The molecule has 5 nitrogen and oxygen atoms in total. The van der Waals surface area contributed by atoms with E-state index in [1.807, 2.05) is 12.1 Å². The van der Waals surface area contributed by atoms with Gasteiger partial charge in [0, 0.05) is 12.6 Å². The Labute approximate surface area is 143 Å². The van der Waals surface area contributed by atoms with E-state index in [1.165, 1.54) is 11.1 Å². The molecule has 0 amide bonds. The molecule has 0 spiro atoms. The van der Waals surface area contributed by atoms with Gasteiger partial charge in [0.05, 0.1) is 6.26 Å². The molecule has 1 aliphatic carbocycles. The minimum absolute atomic E-state index is 0.115. The van der Waals surface area contributed by atoms with Crippen molar-refractivity contribution >= 4 is 10.1 Å². The number of phenolic OH excluding ortho intramolecular Hbond substituents is 1. The number of aromatic hydroxyl groups is 1. The summed E-state index contributed by atoms with van der Waals surface area (Å²) in [4.78, 5) is 2.31. The summed E-state index contributed by atoms with van der Waals surface area (Å²) in [7, 11) is -3.67. The van der Waals surface area contributed by atoms with Crippen LogP contribution in [0.25, 0.3) is 0 Å². The van der Waals surface area contributed by atoms with Crippen molar-refractivity contribution in [3.8, 4) is 5.75 Å². The van der Waals surface area contributed by atoms with Gasteiger partial charge >= 0.3 is 0 Å². The molecule has 2 N–H and O–H groups in total. The second kappa shape index (κ2) is 6.98. The minimum Gasteiger partial charge on any atom is -0.508 e. The maximum absolute atomic E-state index is 12.7. The van der Waals surface area contributed by atoms with Crippen molar-refractivity contribution in [3.63, 3.8) is 0 Å². The maximum Gasteiger partial charge on any atom is 0.261 e. The van der Waals surface area contributed by atoms with Gasteiger partial charge in [-0.15, -0.1) is 0 Å². The van der Waals surface area contributed by atoms with Crippen LogP contribution >= 0.6 is 0 Å². The van der Waals surface area contributed by atoms with Crippen LogP contribution in [0.5, 0.6) is 5.75 Å². The van der Waals surface area contributed by atoms with Crippen LogP contribution in [0.1, 0.15) is 31.4 Å². The van der Waals surface area contributed by atoms with Gasteiger partial charge in [-0.3, -0.25) is 9.45 Å². The first-order valence-electron chi connectivity index (χ1n) is 8.11. The van der Waals surface area contributed by atoms with Crippen molar-refractivity contribution in [3.05, 3.63) is 29.3 Å². The first-order chi connectivity index (χ1) is 11.1. The Morgan fingerprint density at radius 2 is 2.04 bits per heavy atom. The summed E-state index contributed by atoms with van der Waals surface area (Å²) in [5.41, 5.74) is 2.74. The van der Waals surface area contributed by atoms with E-state index in [1.54, 1.807) is 6.07 Å². The van der Waals surface area contributed by atoms with Crippen molar-refractivity contribution in [1.29, 1.82) is 0 Å². The van der Waals surface area contributed by atoms with Gasteiger partial charge < -0.3 is 5.11 Å². The van der Waals surface area contributed by atoms with Crippen LogP contribution in [0, 0.1) is 5.92 Å². The molecule has 7 heteroatoms. The molecule has 3 rings (SSSR count). The monoisotopic (exact) mass is 359 g/mol. The van der Waals surface area contributed by atoms with Gasteiger partial charge in [-0.1, -0.05) is 19.9 Å². The Balaban J connectivity index is 0.000000368. The number of benzene rings is 1. The van der Waals surface area contributed by atoms with Crippen LogP contribution in [0.4, 0.5) is 4.39 Å². The number of rotatable bonds is 2. The standard InChI is InChI=1S/C16H22FNO.CH4O3S/c1-11-15-9-12-3-4-13(19)10-14(12)16(11,2)5-7-18(15)8-6-17;1-5(2,3)4/h3-4,10-11,15,19H,5-9H2,1-2H3;1H3,(H,2,3,4)/t11-,15?,16-;/m0./s1. The van der Waals surface area contributed by atoms with Gasteiger partial charge in [0.1, 0.15) is 12.4 Å². The second-order valence-corrected chi connectivity index (χ2v) is 8.49. The molecule has 1 aromatic carbocycles. The molecule has 0 aromatic heterocycles. The number of hydrogen-bond donors (Lipinski definition) is 2. The number of nitrogens with zero attached hydrogens (tertiary/aromatic N) is 1. The van der Waals surface area contributed by atoms with Crippen molar-refractivity contribution in [2.24, 2.45) is 5.92 Å². The smallest absolute Gasteiger partial charge is 0.261 e. The minimum atomic E-state index is -3.67. The highest BCUT2D eigenvalue weighted by Gasteiger charge is 2.48. The van der Waals surface area contributed by atoms with Crippen LogP contribution in [-0.4, -0.2) is 55.0 Å². The molecule has 1 aromatic rings. The lowest BCUT2D eigenvalue weighted by molar-refractivity contribution is 0.0278. The van der Waals surface area contributed by atoms with Gasteiger partial charge in [-0.2, -0.15) is 8.42 Å². The predicted octanol–water partition coefficient (Wildman–Crippen LogP) is 2.39. The third kappa shape index (κ3) is 4.07. The van der Waals surface area contributed by atoms with Crippen molar-refractivity contribution in [2.45, 2.75) is 38.1 Å². The molecule has 1 fully saturated rings. The third-order valence-electron chi connectivity index (χ3n) is 5.48. The molecule has 24 heavy (non-hydrogen) atoms. The molecule has 3 atom stereocenters. The van der Waals surface area contributed by atoms with E-state index in [-0.39, 0.29) is 12.1 Å². The molecule has 136 valence electrons. The first-order valence-corrected chi connectivity index (χ1v) is 9.96. The Morgan fingerprint density at radius 3 is 2.62 bits per heavy atom. The van der Waals surface area contributed by atoms with E-state index in [2.05, 4.69) is 18.7 Å². The zero-order valence-corrected chi connectivity index (χ0v) is 15.2. The molecule has 1 aliphatic heterocycles. The lowest BCUT2D eigenvalue weighted by Gasteiger charge is -2.54. The van der Waals surface area contributed by atoms with E-state index >= 15 is 0 Å². The SMILES string of the molecule is CS(=O)(=O)O.C[C@H]1C2Cc3ccc(O)cc3[C@@]1(C)CCN2CCF. The van der Waals surface area contributed by atoms with Crippen LogP contribution in [-0.2, 0) is 22.0 Å². The summed E-state index contributed by atoms with van der Waals surface area (Å²) < 4.78 is 38.6. The van der Waals surface area contributed by atoms with Gasteiger partial charge in [-0.25, -0.2) is 4.39 Å². The Hall–Kier alpha value is -1.18. The summed E-state index contributed by atoms with van der Waals surface area (Å²) in [6.45, 7) is 5.84. The lowest BCUT2D eigenvalue weighted by atomic mass is 9.59. The first kappa shape index (κ1) is 19.1. The van der Waals surface area contributed by atoms with E-state index in [9.17, 15) is 17.9 Å². The highest BCUT2D eigenvalue weighted by Crippen LogP contribution is 2.49.